The maximum atomic E-state index is 12.6. The molecule has 0 aliphatic carbocycles. The standard InChI is InChI=1S/C28H18Cl2N2O4/c29-24-12-18(11-22(15-31)27(33)32-23-7-3-6-21(14-23)28(34)35)13-25(30)26(24)36-16-17-8-9-19-4-1-2-5-20(19)10-17/h1-14H,16H2,(H,32,33)(H,34,35)/b22-11-. The third-order valence-electron chi connectivity index (χ3n) is 5.26. The number of hydrogen-bond donors (Lipinski definition) is 2. The van der Waals surface area contributed by atoms with Crippen LogP contribution in [0.25, 0.3) is 16.8 Å². The molecular formula is C28H18Cl2N2O4. The number of carboxylic acids is 1. The highest BCUT2D eigenvalue weighted by atomic mass is 35.5. The number of ether oxygens (including phenoxy) is 1. The summed E-state index contributed by atoms with van der Waals surface area (Å²) in [6.07, 6.45) is 1.33. The van der Waals surface area contributed by atoms with E-state index in [1.165, 1.54) is 30.3 Å². The summed E-state index contributed by atoms with van der Waals surface area (Å²) in [6.45, 7) is 0.251. The lowest BCUT2D eigenvalue weighted by Crippen LogP contribution is -2.14. The first-order chi connectivity index (χ1) is 17.3. The third-order valence-corrected chi connectivity index (χ3v) is 5.82. The zero-order chi connectivity index (χ0) is 25.7. The Morgan fingerprint density at radius 2 is 1.67 bits per heavy atom. The number of nitrogens with one attached hydrogen (secondary N) is 1. The third kappa shape index (κ3) is 5.84. The van der Waals surface area contributed by atoms with Crippen LogP contribution >= 0.6 is 23.2 Å². The maximum absolute atomic E-state index is 12.6. The average Bonchev–Trinajstić information content (AvgIpc) is 2.86. The van der Waals surface area contributed by atoms with Gasteiger partial charge in [0.25, 0.3) is 5.91 Å². The molecule has 0 bridgehead atoms. The summed E-state index contributed by atoms with van der Waals surface area (Å²) in [4.78, 5) is 23.7. The number of carbonyl (C=O) groups excluding carboxylic acids is 1. The van der Waals surface area contributed by atoms with Crippen molar-refractivity contribution >= 4 is 57.6 Å². The average molecular weight is 517 g/mol. The Morgan fingerprint density at radius 1 is 0.944 bits per heavy atom. The van der Waals surface area contributed by atoms with Crippen LogP contribution in [-0.2, 0) is 11.4 Å². The quantitative estimate of drug-likeness (QED) is 0.204. The summed E-state index contributed by atoms with van der Waals surface area (Å²) in [5.74, 6) is -1.55. The number of rotatable bonds is 7. The first-order valence-corrected chi connectivity index (χ1v) is 11.5. The van der Waals surface area contributed by atoms with Crippen LogP contribution in [0.4, 0.5) is 5.69 Å². The van der Waals surface area contributed by atoms with Gasteiger partial charge in [0.15, 0.2) is 5.75 Å². The van der Waals surface area contributed by atoms with E-state index in [0.29, 0.717) is 5.56 Å². The number of fused-ring (bicyclic) bond motifs is 1. The van der Waals surface area contributed by atoms with Gasteiger partial charge in [0.2, 0.25) is 0 Å². The summed E-state index contributed by atoms with van der Waals surface area (Å²) in [5, 5.41) is 23.8. The molecule has 0 saturated carbocycles. The summed E-state index contributed by atoms with van der Waals surface area (Å²) in [5.41, 5.74) is 1.41. The van der Waals surface area contributed by atoms with Crippen LogP contribution < -0.4 is 10.1 Å². The first-order valence-electron chi connectivity index (χ1n) is 10.7. The van der Waals surface area contributed by atoms with Crippen LogP contribution in [0.5, 0.6) is 5.75 Å². The molecule has 0 atom stereocenters. The number of nitrogens with zero attached hydrogens (tertiary/aromatic N) is 1. The van der Waals surface area contributed by atoms with Gasteiger partial charge in [-0.1, -0.05) is 65.7 Å². The van der Waals surface area contributed by atoms with Crippen LogP contribution in [0.2, 0.25) is 10.0 Å². The highest BCUT2D eigenvalue weighted by Crippen LogP contribution is 2.35. The summed E-state index contributed by atoms with van der Waals surface area (Å²) in [6, 6.07) is 24.6. The van der Waals surface area contributed by atoms with Gasteiger partial charge in [-0.15, -0.1) is 0 Å². The van der Waals surface area contributed by atoms with Crippen LogP contribution in [0.1, 0.15) is 21.5 Å². The van der Waals surface area contributed by atoms with Gasteiger partial charge >= 0.3 is 5.97 Å². The monoisotopic (exact) mass is 516 g/mol. The number of anilines is 1. The Bertz CT molecular complexity index is 1530. The minimum absolute atomic E-state index is 0.00753. The lowest BCUT2D eigenvalue weighted by molar-refractivity contribution is -0.112. The van der Waals surface area contributed by atoms with Gasteiger partial charge < -0.3 is 15.2 Å². The second-order valence-electron chi connectivity index (χ2n) is 7.79. The van der Waals surface area contributed by atoms with Crippen molar-refractivity contribution in [2.24, 2.45) is 0 Å². The predicted molar refractivity (Wildman–Crippen MR) is 140 cm³/mol. The fourth-order valence-electron chi connectivity index (χ4n) is 3.53. The fourth-order valence-corrected chi connectivity index (χ4v) is 4.14. The van der Waals surface area contributed by atoms with E-state index in [1.54, 1.807) is 12.1 Å². The molecule has 8 heteroatoms. The molecule has 4 rings (SSSR count). The molecule has 0 spiro atoms. The number of hydrogen-bond acceptors (Lipinski definition) is 4. The van der Waals surface area contributed by atoms with Gasteiger partial charge in [0.1, 0.15) is 18.2 Å². The Morgan fingerprint density at radius 3 is 2.36 bits per heavy atom. The summed E-state index contributed by atoms with van der Waals surface area (Å²) in [7, 11) is 0. The SMILES string of the molecule is N#C/C(=C/c1cc(Cl)c(OCc2ccc3ccccc3c2)c(Cl)c1)C(=O)Nc1cccc(C(=O)O)c1. The van der Waals surface area contributed by atoms with E-state index >= 15 is 0 Å². The molecule has 4 aromatic carbocycles. The molecule has 4 aromatic rings. The second-order valence-corrected chi connectivity index (χ2v) is 8.61. The van der Waals surface area contributed by atoms with Crippen LogP contribution in [0, 0.1) is 11.3 Å². The van der Waals surface area contributed by atoms with Crippen molar-refractivity contribution in [1.82, 2.24) is 0 Å². The molecule has 0 saturated heterocycles. The molecule has 1 amide bonds. The fraction of sp³-hybridized carbons (Fsp3) is 0.0357. The van der Waals surface area contributed by atoms with Gasteiger partial charge in [-0.05, 0) is 64.4 Å². The van der Waals surface area contributed by atoms with Gasteiger partial charge in [0.05, 0.1) is 15.6 Å². The molecule has 0 heterocycles. The zero-order valence-corrected chi connectivity index (χ0v) is 20.2. The zero-order valence-electron chi connectivity index (χ0n) is 18.7. The Labute approximate surface area is 217 Å². The van der Waals surface area contributed by atoms with E-state index in [2.05, 4.69) is 5.32 Å². The van der Waals surface area contributed by atoms with Crippen LogP contribution in [0.15, 0.2) is 84.4 Å². The Kier molecular flexibility index (Phi) is 7.55. The van der Waals surface area contributed by atoms with Crippen LogP contribution in [-0.4, -0.2) is 17.0 Å². The van der Waals surface area contributed by atoms with Crippen molar-refractivity contribution in [2.45, 2.75) is 6.61 Å². The van der Waals surface area contributed by atoms with E-state index in [9.17, 15) is 14.9 Å². The van der Waals surface area contributed by atoms with E-state index in [0.717, 1.165) is 16.3 Å². The van der Waals surface area contributed by atoms with Crippen molar-refractivity contribution in [3.63, 3.8) is 0 Å². The molecule has 6 nitrogen and oxygen atoms in total. The van der Waals surface area contributed by atoms with Crippen molar-refractivity contribution in [3.8, 4) is 11.8 Å². The summed E-state index contributed by atoms with van der Waals surface area (Å²) >= 11 is 12.8. The Hall–Kier alpha value is -4.31. The number of benzene rings is 4. The van der Waals surface area contributed by atoms with Crippen molar-refractivity contribution in [3.05, 3.63) is 111 Å². The van der Waals surface area contributed by atoms with E-state index in [-0.39, 0.29) is 39.2 Å². The number of amides is 1. The lowest BCUT2D eigenvalue weighted by atomic mass is 10.1. The number of carbonyl (C=O) groups is 2. The van der Waals surface area contributed by atoms with E-state index in [4.69, 9.17) is 33.0 Å². The topological polar surface area (TPSA) is 99.4 Å². The van der Waals surface area contributed by atoms with Gasteiger partial charge in [-0.2, -0.15) is 5.26 Å². The maximum Gasteiger partial charge on any atom is 0.335 e. The highest BCUT2D eigenvalue weighted by molar-refractivity contribution is 6.37. The van der Waals surface area contributed by atoms with E-state index in [1.807, 2.05) is 48.5 Å². The molecule has 0 aliphatic rings. The minimum Gasteiger partial charge on any atom is -0.486 e. The Balaban J connectivity index is 1.50. The first kappa shape index (κ1) is 24.8. The van der Waals surface area contributed by atoms with Crippen LogP contribution in [0.3, 0.4) is 0 Å². The molecule has 2 N–H and O–H groups in total. The molecular weight excluding hydrogens is 499 g/mol. The second kappa shape index (κ2) is 11.0. The van der Waals surface area contributed by atoms with Crippen molar-refractivity contribution in [1.29, 1.82) is 5.26 Å². The predicted octanol–water partition coefficient (Wildman–Crippen LogP) is 6.97. The molecule has 0 unspecified atom stereocenters. The van der Waals surface area contributed by atoms with Gasteiger partial charge in [-0.3, -0.25) is 4.79 Å². The molecule has 36 heavy (non-hydrogen) atoms. The molecule has 178 valence electrons. The molecule has 0 aliphatic heterocycles. The number of nitriles is 1. The van der Waals surface area contributed by atoms with Crippen molar-refractivity contribution in [2.75, 3.05) is 5.32 Å². The molecule has 0 aromatic heterocycles. The minimum atomic E-state index is -1.13. The lowest BCUT2D eigenvalue weighted by Gasteiger charge is -2.12. The molecule has 0 radical (unpaired) electrons. The largest absolute Gasteiger partial charge is 0.486 e. The van der Waals surface area contributed by atoms with Gasteiger partial charge in [-0.25, -0.2) is 4.79 Å². The van der Waals surface area contributed by atoms with Crippen molar-refractivity contribution < 1.29 is 19.4 Å². The number of aromatic carboxylic acids is 1. The number of halogens is 2. The smallest absolute Gasteiger partial charge is 0.335 e. The van der Waals surface area contributed by atoms with Gasteiger partial charge in [0, 0.05) is 5.69 Å². The normalized spacial score (nSPS) is 11.1. The molecule has 0 fully saturated rings. The van der Waals surface area contributed by atoms with E-state index < -0.39 is 11.9 Å². The summed E-state index contributed by atoms with van der Waals surface area (Å²) < 4.78 is 5.87. The number of carboxylic acid groups (broad SMARTS) is 1. The highest BCUT2D eigenvalue weighted by Gasteiger charge is 2.14.